The minimum Gasteiger partial charge on any atom is -0.497 e. The summed E-state index contributed by atoms with van der Waals surface area (Å²) >= 11 is 1.57. The maximum atomic E-state index is 9.00. The van der Waals surface area contributed by atoms with Gasteiger partial charge >= 0.3 is 5.13 Å². The van der Waals surface area contributed by atoms with Crippen LogP contribution in [0.4, 0.5) is 16.5 Å². The predicted octanol–water partition coefficient (Wildman–Crippen LogP) is 3.58. The lowest BCUT2D eigenvalue weighted by atomic mass is 10.2. The average Bonchev–Trinajstić information content (AvgIpc) is 2.95. The number of aliphatic hydroxyl groups excluding tert-OH is 1. The molecule has 0 radical (unpaired) electrons. The Labute approximate surface area is 150 Å². The van der Waals surface area contributed by atoms with Crippen LogP contribution in [0.3, 0.4) is 0 Å². The number of benzene rings is 2. The Balaban J connectivity index is 1.82. The van der Waals surface area contributed by atoms with Crippen molar-refractivity contribution in [3.63, 3.8) is 0 Å². The highest BCUT2D eigenvalue weighted by Crippen LogP contribution is 2.30. The van der Waals surface area contributed by atoms with Crippen LogP contribution in [-0.4, -0.2) is 32.4 Å². The smallest absolute Gasteiger partial charge is 0.409 e. The molecule has 3 aromatic rings. The first kappa shape index (κ1) is 17.3. The minimum atomic E-state index is 0.130. The van der Waals surface area contributed by atoms with Gasteiger partial charge in [-0.05, 0) is 52.8 Å². The Kier molecular flexibility index (Phi) is 5.25. The quantitative estimate of drug-likeness (QED) is 0.542. The summed E-state index contributed by atoms with van der Waals surface area (Å²) in [4.78, 5) is 1.99. The van der Waals surface area contributed by atoms with Crippen molar-refractivity contribution in [2.45, 2.75) is 0 Å². The Morgan fingerprint density at radius 3 is 2.60 bits per heavy atom. The van der Waals surface area contributed by atoms with E-state index in [9.17, 15) is 0 Å². The van der Waals surface area contributed by atoms with E-state index in [1.54, 1.807) is 18.4 Å². The third kappa shape index (κ3) is 3.78. The van der Waals surface area contributed by atoms with Crippen LogP contribution in [0, 0.1) is 0 Å². The van der Waals surface area contributed by atoms with E-state index in [0.717, 1.165) is 32.5 Å². The molecule has 0 spiro atoms. The zero-order valence-corrected chi connectivity index (χ0v) is 15.3. The van der Waals surface area contributed by atoms with Gasteiger partial charge in [0.15, 0.2) is 0 Å². The monoisotopic (exact) mass is 357 g/mol. The number of thiazole rings is 1. The second kappa shape index (κ2) is 7.58. The highest BCUT2D eigenvalue weighted by Gasteiger charge is 2.16. The summed E-state index contributed by atoms with van der Waals surface area (Å²) in [5.41, 5.74) is 2.92. The molecule has 0 aliphatic carbocycles. The number of rotatable bonds is 6. The highest BCUT2D eigenvalue weighted by molar-refractivity contribution is 7.21. The molecule has 1 heterocycles. The normalized spacial score (nSPS) is 11.4. The first-order chi connectivity index (χ1) is 12.1. The van der Waals surface area contributed by atoms with Crippen molar-refractivity contribution >= 4 is 38.1 Å². The van der Waals surface area contributed by atoms with Crippen molar-refractivity contribution in [2.75, 3.05) is 32.2 Å². The SMILES string of the molecule is COc1ccc2c(c1)sc(N=Nc1ccc(N(C)CCO)cc1)[n+]2C. The fourth-order valence-corrected chi connectivity index (χ4v) is 3.49. The van der Waals surface area contributed by atoms with Gasteiger partial charge in [-0.25, -0.2) is 4.57 Å². The molecule has 6 nitrogen and oxygen atoms in total. The molecule has 0 saturated heterocycles. The number of anilines is 1. The summed E-state index contributed by atoms with van der Waals surface area (Å²) in [5.74, 6) is 0.834. The lowest BCUT2D eigenvalue weighted by molar-refractivity contribution is -0.627. The third-order valence-corrected chi connectivity index (χ3v) is 5.08. The number of hydrogen-bond donors (Lipinski definition) is 1. The van der Waals surface area contributed by atoms with Crippen LogP contribution < -0.4 is 14.2 Å². The van der Waals surface area contributed by atoms with E-state index in [-0.39, 0.29) is 6.61 Å². The molecule has 0 aliphatic heterocycles. The summed E-state index contributed by atoms with van der Waals surface area (Å²) in [6, 6.07) is 13.8. The highest BCUT2D eigenvalue weighted by atomic mass is 32.1. The molecular formula is C18H21N4O2S+. The van der Waals surface area contributed by atoms with Gasteiger partial charge in [0.25, 0.3) is 0 Å². The number of aromatic nitrogens is 1. The van der Waals surface area contributed by atoms with Crippen LogP contribution in [-0.2, 0) is 7.05 Å². The average molecular weight is 357 g/mol. The minimum absolute atomic E-state index is 0.130. The number of methoxy groups -OCH3 is 1. The fourth-order valence-electron chi connectivity index (χ4n) is 2.49. The number of fused-ring (bicyclic) bond motifs is 1. The molecule has 0 aliphatic rings. The first-order valence-corrected chi connectivity index (χ1v) is 8.74. The second-order valence-corrected chi connectivity index (χ2v) is 6.65. The van der Waals surface area contributed by atoms with Crippen LogP contribution in [0.5, 0.6) is 5.75 Å². The van der Waals surface area contributed by atoms with Crippen molar-refractivity contribution < 1.29 is 14.4 Å². The van der Waals surface area contributed by atoms with Crippen molar-refractivity contribution in [1.82, 2.24) is 0 Å². The van der Waals surface area contributed by atoms with Crippen LogP contribution in [0.25, 0.3) is 10.2 Å². The molecule has 0 amide bonds. The summed E-state index contributed by atoms with van der Waals surface area (Å²) in [6.45, 7) is 0.729. The van der Waals surface area contributed by atoms with Gasteiger partial charge in [-0.1, -0.05) is 0 Å². The standard InChI is InChI=1S/C18H21N4O2S/c1-21(10-11-23)14-6-4-13(5-7-14)19-20-18-22(2)16-9-8-15(24-3)12-17(16)25-18/h4-9,12,23H,10-11H2,1-3H3/q+1. The van der Waals surface area contributed by atoms with E-state index in [0.29, 0.717) is 6.54 Å². The Morgan fingerprint density at radius 1 is 1.16 bits per heavy atom. The number of aliphatic hydroxyl groups is 1. The van der Waals surface area contributed by atoms with E-state index >= 15 is 0 Å². The topological polar surface area (TPSA) is 61.3 Å². The second-order valence-electron chi connectivity index (χ2n) is 5.64. The molecular weight excluding hydrogens is 336 g/mol. The number of nitrogens with zero attached hydrogens (tertiary/aromatic N) is 4. The summed E-state index contributed by atoms with van der Waals surface area (Å²) in [7, 11) is 5.59. The molecule has 7 heteroatoms. The lowest BCUT2D eigenvalue weighted by Gasteiger charge is -2.17. The zero-order chi connectivity index (χ0) is 17.8. The lowest BCUT2D eigenvalue weighted by Crippen LogP contribution is -2.25. The number of hydrogen-bond acceptors (Lipinski definition) is 6. The van der Waals surface area contributed by atoms with Gasteiger partial charge in [-0.15, -0.1) is 0 Å². The maximum Gasteiger partial charge on any atom is 0.409 e. The Morgan fingerprint density at radius 2 is 1.92 bits per heavy atom. The van der Waals surface area contributed by atoms with Crippen molar-refractivity contribution in [1.29, 1.82) is 0 Å². The van der Waals surface area contributed by atoms with Crippen LogP contribution >= 0.6 is 11.3 Å². The van der Waals surface area contributed by atoms with Crippen molar-refractivity contribution in [3.8, 4) is 5.75 Å². The van der Waals surface area contributed by atoms with E-state index in [4.69, 9.17) is 9.84 Å². The third-order valence-electron chi connectivity index (χ3n) is 3.99. The molecule has 1 aromatic heterocycles. The van der Waals surface area contributed by atoms with Crippen molar-refractivity contribution in [3.05, 3.63) is 42.5 Å². The van der Waals surface area contributed by atoms with Gasteiger partial charge in [0, 0.05) is 25.3 Å². The van der Waals surface area contributed by atoms with Gasteiger partial charge in [0.1, 0.15) is 17.0 Å². The summed E-state index contributed by atoms with van der Waals surface area (Å²) in [6.07, 6.45) is 0. The van der Waals surface area contributed by atoms with Gasteiger partial charge in [0.2, 0.25) is 0 Å². The van der Waals surface area contributed by atoms with Crippen molar-refractivity contribution in [2.24, 2.45) is 17.3 Å². The molecule has 0 saturated carbocycles. The molecule has 0 atom stereocenters. The van der Waals surface area contributed by atoms with E-state index in [2.05, 4.69) is 10.2 Å². The van der Waals surface area contributed by atoms with E-state index < -0.39 is 0 Å². The van der Waals surface area contributed by atoms with Crippen LogP contribution in [0.2, 0.25) is 0 Å². The van der Waals surface area contributed by atoms with Gasteiger partial charge in [-0.3, -0.25) is 0 Å². The molecule has 2 aromatic carbocycles. The Hall–Kier alpha value is -2.51. The molecule has 1 N–H and O–H groups in total. The number of aryl methyl sites for hydroxylation is 1. The van der Waals surface area contributed by atoms with E-state index in [1.807, 2.05) is 66.0 Å². The largest absolute Gasteiger partial charge is 0.497 e. The molecule has 25 heavy (non-hydrogen) atoms. The number of likely N-dealkylation sites (N-methyl/N-ethyl adjacent to an activating group) is 1. The maximum absolute atomic E-state index is 9.00. The van der Waals surface area contributed by atoms with E-state index in [1.165, 1.54) is 0 Å². The van der Waals surface area contributed by atoms with Crippen LogP contribution in [0.15, 0.2) is 52.7 Å². The van der Waals surface area contributed by atoms with Crippen LogP contribution in [0.1, 0.15) is 0 Å². The zero-order valence-electron chi connectivity index (χ0n) is 14.5. The Bertz CT molecular complexity index is 890. The molecule has 0 bridgehead atoms. The molecule has 130 valence electrons. The summed E-state index contributed by atoms with van der Waals surface area (Å²) < 4.78 is 8.40. The number of ether oxygens (including phenoxy) is 1. The van der Waals surface area contributed by atoms with Gasteiger partial charge < -0.3 is 14.7 Å². The molecule has 3 rings (SSSR count). The molecule has 0 fully saturated rings. The van der Waals surface area contributed by atoms with Gasteiger partial charge in [-0.2, -0.15) is 0 Å². The molecule has 0 unspecified atom stereocenters. The summed E-state index contributed by atoms with van der Waals surface area (Å²) in [5, 5.41) is 18.6. The fraction of sp³-hybridized carbons (Fsp3) is 0.278. The predicted molar refractivity (Wildman–Crippen MR) is 101 cm³/mol. The number of azo groups is 1. The van der Waals surface area contributed by atoms with Gasteiger partial charge in [0.05, 0.1) is 30.6 Å². The first-order valence-electron chi connectivity index (χ1n) is 7.92.